The van der Waals surface area contributed by atoms with Gasteiger partial charge in [0.2, 0.25) is 0 Å². The van der Waals surface area contributed by atoms with Crippen LogP contribution in [0.5, 0.6) is 0 Å². The fourth-order valence-electron chi connectivity index (χ4n) is 1.90. The fraction of sp³-hybridized carbons (Fsp3) is 0.333. The average molecular weight is 305 g/mol. The maximum atomic E-state index is 13.9. The van der Waals surface area contributed by atoms with Gasteiger partial charge in [0.1, 0.15) is 16.9 Å². The Morgan fingerprint density at radius 3 is 2.90 bits per heavy atom. The molecule has 0 saturated heterocycles. The zero-order valence-electron chi connectivity index (χ0n) is 12.1. The lowest BCUT2D eigenvalue weighted by Crippen LogP contribution is -2.18. The van der Waals surface area contributed by atoms with Crippen LogP contribution < -0.4 is 4.90 Å². The van der Waals surface area contributed by atoms with Crippen molar-refractivity contribution in [3.63, 3.8) is 0 Å². The molecule has 1 aromatic carbocycles. The highest BCUT2D eigenvalue weighted by Gasteiger charge is 2.13. The Bertz CT molecular complexity index is 665. The SMILES string of the molecule is COC(C)c1nc(CN(C)c2ccc(C#N)cc2F)cs1. The summed E-state index contributed by atoms with van der Waals surface area (Å²) in [5.74, 6) is -0.405. The number of rotatable bonds is 5. The van der Waals surface area contributed by atoms with Crippen molar-refractivity contribution in [3.05, 3.63) is 45.7 Å². The van der Waals surface area contributed by atoms with Gasteiger partial charge >= 0.3 is 0 Å². The maximum Gasteiger partial charge on any atom is 0.147 e. The molecule has 0 N–H and O–H groups in total. The van der Waals surface area contributed by atoms with Crippen molar-refractivity contribution < 1.29 is 9.13 Å². The van der Waals surface area contributed by atoms with E-state index in [2.05, 4.69) is 4.98 Å². The molecule has 0 aliphatic carbocycles. The number of methoxy groups -OCH3 is 1. The van der Waals surface area contributed by atoms with Gasteiger partial charge in [-0.05, 0) is 25.1 Å². The molecule has 0 radical (unpaired) electrons. The molecule has 0 aliphatic rings. The van der Waals surface area contributed by atoms with E-state index in [1.54, 1.807) is 31.2 Å². The van der Waals surface area contributed by atoms with Crippen LogP contribution in [0.1, 0.15) is 29.3 Å². The number of hydrogen-bond donors (Lipinski definition) is 0. The van der Waals surface area contributed by atoms with Crippen LogP contribution in [0.4, 0.5) is 10.1 Å². The Morgan fingerprint density at radius 2 is 2.29 bits per heavy atom. The van der Waals surface area contributed by atoms with Crippen LogP contribution in [-0.2, 0) is 11.3 Å². The van der Waals surface area contributed by atoms with E-state index >= 15 is 0 Å². The summed E-state index contributed by atoms with van der Waals surface area (Å²) in [6.07, 6.45) is -0.0410. The Labute approximate surface area is 127 Å². The van der Waals surface area contributed by atoms with Gasteiger partial charge in [0.05, 0.1) is 29.6 Å². The molecule has 0 bridgehead atoms. The largest absolute Gasteiger partial charge is 0.375 e. The maximum absolute atomic E-state index is 13.9. The fourth-order valence-corrected chi connectivity index (χ4v) is 2.74. The van der Waals surface area contributed by atoms with Gasteiger partial charge < -0.3 is 9.64 Å². The lowest BCUT2D eigenvalue weighted by molar-refractivity contribution is 0.119. The van der Waals surface area contributed by atoms with E-state index in [0.29, 0.717) is 17.8 Å². The standard InChI is InChI=1S/C15H16FN3OS/c1-10(20-3)15-18-12(9-21-15)8-19(2)14-5-4-11(7-17)6-13(14)16/h4-6,9-10H,8H2,1-3H3. The molecule has 0 aliphatic heterocycles. The molecule has 6 heteroatoms. The number of nitrogens with zero attached hydrogens (tertiary/aromatic N) is 3. The van der Waals surface area contributed by atoms with Gasteiger partial charge in [-0.2, -0.15) is 5.26 Å². The smallest absolute Gasteiger partial charge is 0.147 e. The molecule has 21 heavy (non-hydrogen) atoms. The third-order valence-electron chi connectivity index (χ3n) is 3.16. The highest BCUT2D eigenvalue weighted by Crippen LogP contribution is 2.24. The van der Waals surface area contributed by atoms with Gasteiger partial charge in [-0.25, -0.2) is 9.37 Å². The predicted octanol–water partition coefficient (Wildman–Crippen LogP) is 3.50. The second-order valence-electron chi connectivity index (χ2n) is 4.69. The molecule has 1 heterocycles. The number of thiazole rings is 1. The van der Waals surface area contributed by atoms with Gasteiger partial charge in [-0.15, -0.1) is 11.3 Å². The van der Waals surface area contributed by atoms with Crippen molar-refractivity contribution in [3.8, 4) is 6.07 Å². The van der Waals surface area contributed by atoms with Crippen LogP contribution in [0, 0.1) is 17.1 Å². The number of benzene rings is 1. The first kappa shape index (κ1) is 15.4. The third kappa shape index (κ3) is 3.57. The van der Waals surface area contributed by atoms with E-state index in [9.17, 15) is 4.39 Å². The number of anilines is 1. The van der Waals surface area contributed by atoms with Crippen LogP contribution in [0.15, 0.2) is 23.6 Å². The van der Waals surface area contributed by atoms with Crippen LogP contribution in [0.2, 0.25) is 0 Å². The molecule has 0 amide bonds. The Balaban J connectivity index is 2.13. The van der Waals surface area contributed by atoms with Crippen LogP contribution in [0.25, 0.3) is 0 Å². The molecule has 1 atom stereocenters. The monoisotopic (exact) mass is 305 g/mol. The van der Waals surface area contributed by atoms with Gasteiger partial charge in [-0.1, -0.05) is 0 Å². The van der Waals surface area contributed by atoms with Gasteiger partial charge in [0, 0.05) is 19.5 Å². The zero-order valence-corrected chi connectivity index (χ0v) is 12.9. The summed E-state index contributed by atoms with van der Waals surface area (Å²) in [5, 5.41) is 11.6. The van der Waals surface area contributed by atoms with E-state index in [1.165, 1.54) is 17.4 Å². The predicted molar refractivity (Wildman–Crippen MR) is 80.8 cm³/mol. The second-order valence-corrected chi connectivity index (χ2v) is 5.58. The molecule has 1 unspecified atom stereocenters. The highest BCUT2D eigenvalue weighted by atomic mass is 32.1. The van der Waals surface area contributed by atoms with Crippen molar-refractivity contribution in [2.75, 3.05) is 19.1 Å². The quantitative estimate of drug-likeness (QED) is 0.848. The van der Waals surface area contributed by atoms with E-state index < -0.39 is 5.82 Å². The molecule has 0 spiro atoms. The Morgan fingerprint density at radius 1 is 1.52 bits per heavy atom. The van der Waals surface area contributed by atoms with Crippen molar-refractivity contribution in [1.82, 2.24) is 4.98 Å². The summed E-state index contributed by atoms with van der Waals surface area (Å²) >= 11 is 1.53. The van der Waals surface area contributed by atoms with E-state index in [4.69, 9.17) is 10.00 Å². The molecular formula is C15H16FN3OS. The lowest BCUT2D eigenvalue weighted by atomic mass is 10.2. The molecule has 110 valence electrons. The van der Waals surface area contributed by atoms with Crippen molar-refractivity contribution >= 4 is 17.0 Å². The second kappa shape index (κ2) is 6.66. The summed E-state index contributed by atoms with van der Waals surface area (Å²) in [6, 6.07) is 6.38. The number of nitriles is 1. The molecule has 1 aromatic heterocycles. The first-order valence-corrected chi connectivity index (χ1v) is 7.31. The number of aromatic nitrogens is 1. The Hall–Kier alpha value is -1.97. The summed E-state index contributed by atoms with van der Waals surface area (Å²) in [5.41, 5.74) is 1.63. The molecule has 2 rings (SSSR count). The van der Waals surface area contributed by atoms with E-state index in [1.807, 2.05) is 18.4 Å². The first-order chi connectivity index (χ1) is 10.0. The third-order valence-corrected chi connectivity index (χ3v) is 4.21. The summed E-state index contributed by atoms with van der Waals surface area (Å²) in [7, 11) is 3.44. The molecule has 0 saturated carbocycles. The minimum Gasteiger partial charge on any atom is -0.375 e. The van der Waals surface area contributed by atoms with Crippen molar-refractivity contribution in [2.24, 2.45) is 0 Å². The number of ether oxygens (including phenoxy) is 1. The lowest BCUT2D eigenvalue weighted by Gasteiger charge is -2.18. The summed E-state index contributed by atoms with van der Waals surface area (Å²) in [4.78, 5) is 6.26. The summed E-state index contributed by atoms with van der Waals surface area (Å²) < 4.78 is 19.2. The van der Waals surface area contributed by atoms with Crippen LogP contribution >= 0.6 is 11.3 Å². The number of hydrogen-bond acceptors (Lipinski definition) is 5. The first-order valence-electron chi connectivity index (χ1n) is 6.43. The topological polar surface area (TPSA) is 49.1 Å². The van der Waals surface area contributed by atoms with Gasteiger partial charge in [-0.3, -0.25) is 0 Å². The number of halogens is 1. The average Bonchev–Trinajstić information content (AvgIpc) is 2.94. The van der Waals surface area contributed by atoms with Crippen LogP contribution in [0.3, 0.4) is 0 Å². The Kier molecular flexibility index (Phi) is 4.89. The zero-order chi connectivity index (χ0) is 15.4. The van der Waals surface area contributed by atoms with Crippen molar-refractivity contribution in [2.45, 2.75) is 19.6 Å². The molecule has 2 aromatic rings. The van der Waals surface area contributed by atoms with Gasteiger partial charge in [0.15, 0.2) is 0 Å². The van der Waals surface area contributed by atoms with Crippen molar-refractivity contribution in [1.29, 1.82) is 5.26 Å². The minimum atomic E-state index is -0.405. The van der Waals surface area contributed by atoms with E-state index in [-0.39, 0.29) is 6.10 Å². The summed E-state index contributed by atoms with van der Waals surface area (Å²) in [6.45, 7) is 2.43. The molecule has 4 nitrogen and oxygen atoms in total. The highest BCUT2D eigenvalue weighted by molar-refractivity contribution is 7.09. The minimum absolute atomic E-state index is 0.0410. The van der Waals surface area contributed by atoms with Gasteiger partial charge in [0.25, 0.3) is 0 Å². The van der Waals surface area contributed by atoms with Crippen LogP contribution in [-0.4, -0.2) is 19.1 Å². The molecule has 0 fully saturated rings. The molecular weight excluding hydrogens is 289 g/mol. The van der Waals surface area contributed by atoms with E-state index in [0.717, 1.165) is 10.7 Å². The normalized spacial score (nSPS) is 12.0.